The van der Waals surface area contributed by atoms with Crippen LogP contribution >= 0.6 is 11.8 Å². The van der Waals surface area contributed by atoms with Gasteiger partial charge in [-0.1, -0.05) is 60.7 Å². The fraction of sp³-hybridized carbons (Fsp3) is 0.0476. The van der Waals surface area contributed by atoms with E-state index in [1.165, 1.54) is 10.3 Å². The van der Waals surface area contributed by atoms with Crippen molar-refractivity contribution < 1.29 is 4.92 Å². The first-order chi connectivity index (χ1) is 12.7. The maximum atomic E-state index is 10.8. The lowest BCUT2D eigenvalue weighted by Gasteiger charge is -2.06. The Morgan fingerprint density at radius 2 is 1.58 bits per heavy atom. The number of nitrogens with one attached hydrogen (secondary N) is 1. The van der Waals surface area contributed by atoms with E-state index in [0.29, 0.717) is 0 Å². The highest BCUT2D eigenvalue weighted by Gasteiger charge is 2.14. The van der Waals surface area contributed by atoms with Crippen LogP contribution in [0.4, 0.5) is 5.69 Å². The van der Waals surface area contributed by atoms with Crippen LogP contribution in [0.2, 0.25) is 0 Å². The number of nitrogens with zero attached hydrogens (tertiary/aromatic N) is 1. The van der Waals surface area contributed by atoms with E-state index in [4.69, 9.17) is 0 Å². The van der Waals surface area contributed by atoms with Crippen LogP contribution in [0.5, 0.6) is 0 Å². The number of benzene rings is 3. The Balaban J connectivity index is 1.68. The van der Waals surface area contributed by atoms with Gasteiger partial charge in [0.2, 0.25) is 0 Å². The molecule has 0 unspecified atom stereocenters. The first-order valence-electron chi connectivity index (χ1n) is 8.24. The largest absolute Gasteiger partial charge is 0.354 e. The number of para-hydroxylation sites is 1. The Bertz CT molecular complexity index is 1060. The number of rotatable bonds is 5. The van der Waals surface area contributed by atoms with Crippen molar-refractivity contribution in [3.8, 4) is 11.3 Å². The van der Waals surface area contributed by atoms with Crippen molar-refractivity contribution in [2.45, 2.75) is 10.6 Å². The number of aromatic amines is 1. The average molecular weight is 360 g/mol. The van der Waals surface area contributed by atoms with Gasteiger partial charge in [-0.2, -0.15) is 0 Å². The maximum Gasteiger partial charge on any atom is 0.269 e. The van der Waals surface area contributed by atoms with Crippen LogP contribution in [0.15, 0.2) is 83.8 Å². The predicted molar refractivity (Wildman–Crippen MR) is 106 cm³/mol. The Morgan fingerprint density at radius 3 is 2.31 bits per heavy atom. The van der Waals surface area contributed by atoms with E-state index in [0.717, 1.165) is 28.1 Å². The minimum Gasteiger partial charge on any atom is -0.354 e. The predicted octanol–water partition coefficient (Wildman–Crippen LogP) is 6.04. The molecule has 0 spiro atoms. The van der Waals surface area contributed by atoms with Crippen molar-refractivity contribution in [1.82, 2.24) is 4.98 Å². The molecule has 4 nitrogen and oxygen atoms in total. The van der Waals surface area contributed by atoms with Crippen molar-refractivity contribution in [2.24, 2.45) is 0 Å². The van der Waals surface area contributed by atoms with Gasteiger partial charge in [0.15, 0.2) is 0 Å². The number of hydrogen-bond donors (Lipinski definition) is 1. The number of H-pyrrole nitrogens is 1. The van der Waals surface area contributed by atoms with Gasteiger partial charge in [0.25, 0.3) is 5.69 Å². The Hall–Kier alpha value is -3.05. The summed E-state index contributed by atoms with van der Waals surface area (Å²) in [5.41, 5.74) is 4.55. The maximum absolute atomic E-state index is 10.8. The van der Waals surface area contributed by atoms with Crippen molar-refractivity contribution in [3.63, 3.8) is 0 Å². The molecule has 0 amide bonds. The van der Waals surface area contributed by atoms with Gasteiger partial charge in [0, 0.05) is 33.7 Å². The van der Waals surface area contributed by atoms with E-state index < -0.39 is 0 Å². The highest BCUT2D eigenvalue weighted by atomic mass is 32.2. The summed E-state index contributed by atoms with van der Waals surface area (Å²) in [6.07, 6.45) is 0. The van der Waals surface area contributed by atoms with Gasteiger partial charge >= 0.3 is 0 Å². The van der Waals surface area contributed by atoms with Gasteiger partial charge in [-0.3, -0.25) is 10.1 Å². The van der Waals surface area contributed by atoms with Crippen LogP contribution in [-0.2, 0) is 5.75 Å². The quantitative estimate of drug-likeness (QED) is 0.268. The molecule has 3 aromatic carbocycles. The molecule has 0 bridgehead atoms. The first kappa shape index (κ1) is 16.4. The molecule has 128 valence electrons. The third-order valence-corrected chi connectivity index (χ3v) is 5.44. The first-order valence-corrected chi connectivity index (χ1v) is 9.23. The fourth-order valence-corrected chi connectivity index (χ4v) is 4.09. The Morgan fingerprint density at radius 1 is 0.885 bits per heavy atom. The molecule has 1 heterocycles. The van der Waals surface area contributed by atoms with Crippen LogP contribution in [0.25, 0.3) is 22.2 Å². The van der Waals surface area contributed by atoms with Crippen LogP contribution < -0.4 is 0 Å². The van der Waals surface area contributed by atoms with Crippen molar-refractivity contribution in [1.29, 1.82) is 0 Å². The molecule has 0 fully saturated rings. The molecule has 0 saturated carbocycles. The van der Waals surface area contributed by atoms with E-state index in [1.54, 1.807) is 23.9 Å². The molecule has 0 aliphatic carbocycles. The zero-order valence-corrected chi connectivity index (χ0v) is 14.7. The highest BCUT2D eigenvalue weighted by Crippen LogP contribution is 2.39. The van der Waals surface area contributed by atoms with Gasteiger partial charge in [0.1, 0.15) is 0 Å². The average Bonchev–Trinajstić information content (AvgIpc) is 3.06. The zero-order valence-electron chi connectivity index (χ0n) is 13.9. The summed E-state index contributed by atoms with van der Waals surface area (Å²) in [6, 6.07) is 25.3. The topological polar surface area (TPSA) is 58.9 Å². The fourth-order valence-electron chi connectivity index (χ4n) is 2.94. The lowest BCUT2D eigenvalue weighted by atomic mass is 10.1. The third kappa shape index (κ3) is 3.21. The number of nitro groups is 1. The van der Waals surface area contributed by atoms with Crippen molar-refractivity contribution in [3.05, 3.63) is 94.5 Å². The SMILES string of the molecule is O=[N+]([O-])c1ccc(CSc2c(-c3ccccc3)[nH]c3ccccc23)cc1. The second-order valence-corrected chi connectivity index (χ2v) is 6.94. The standard InChI is InChI=1S/C21H16N2O2S/c24-23(25)17-12-10-15(11-13-17)14-26-21-18-8-4-5-9-19(18)22-20(21)16-6-2-1-3-7-16/h1-13,22H,14H2. The Labute approximate surface area is 155 Å². The number of nitro benzene ring substituents is 1. The summed E-state index contributed by atoms with van der Waals surface area (Å²) in [5, 5.41) is 12.0. The summed E-state index contributed by atoms with van der Waals surface area (Å²) < 4.78 is 0. The summed E-state index contributed by atoms with van der Waals surface area (Å²) in [4.78, 5) is 15.2. The molecule has 26 heavy (non-hydrogen) atoms. The molecule has 0 saturated heterocycles. The number of non-ortho nitro benzene ring substituents is 1. The van der Waals surface area contributed by atoms with Gasteiger partial charge < -0.3 is 4.98 Å². The number of fused-ring (bicyclic) bond motifs is 1. The van der Waals surface area contributed by atoms with Gasteiger partial charge in [0.05, 0.1) is 10.6 Å². The summed E-state index contributed by atoms with van der Waals surface area (Å²) in [7, 11) is 0. The molecule has 0 aliphatic heterocycles. The third-order valence-electron chi connectivity index (χ3n) is 4.25. The minimum atomic E-state index is -0.371. The summed E-state index contributed by atoms with van der Waals surface area (Å²) in [6.45, 7) is 0. The molecule has 4 aromatic rings. The molecule has 5 heteroatoms. The van der Waals surface area contributed by atoms with E-state index in [9.17, 15) is 10.1 Å². The lowest BCUT2D eigenvalue weighted by Crippen LogP contribution is -1.88. The molecule has 1 aromatic heterocycles. The van der Waals surface area contributed by atoms with Gasteiger partial charge in [-0.05, 0) is 17.2 Å². The monoisotopic (exact) mass is 360 g/mol. The van der Waals surface area contributed by atoms with Crippen LogP contribution in [0.1, 0.15) is 5.56 Å². The second kappa shape index (κ2) is 7.06. The summed E-state index contributed by atoms with van der Waals surface area (Å²) in [5.74, 6) is 0.750. The molecule has 0 radical (unpaired) electrons. The van der Waals surface area contributed by atoms with Crippen LogP contribution in [0, 0.1) is 10.1 Å². The van der Waals surface area contributed by atoms with Gasteiger partial charge in [-0.25, -0.2) is 0 Å². The molecule has 1 N–H and O–H groups in total. The molecule has 4 rings (SSSR count). The van der Waals surface area contributed by atoms with E-state index >= 15 is 0 Å². The Kier molecular flexibility index (Phi) is 4.46. The smallest absolute Gasteiger partial charge is 0.269 e. The molecular formula is C21H16N2O2S. The summed E-state index contributed by atoms with van der Waals surface area (Å²) >= 11 is 1.74. The number of hydrogen-bond acceptors (Lipinski definition) is 3. The minimum absolute atomic E-state index is 0.121. The van der Waals surface area contributed by atoms with Gasteiger partial charge in [-0.15, -0.1) is 11.8 Å². The molecule has 0 aliphatic rings. The van der Waals surface area contributed by atoms with E-state index in [-0.39, 0.29) is 10.6 Å². The van der Waals surface area contributed by atoms with Crippen LogP contribution in [-0.4, -0.2) is 9.91 Å². The molecular weight excluding hydrogens is 344 g/mol. The second-order valence-electron chi connectivity index (χ2n) is 5.95. The lowest BCUT2D eigenvalue weighted by molar-refractivity contribution is -0.384. The highest BCUT2D eigenvalue weighted by molar-refractivity contribution is 7.98. The van der Waals surface area contributed by atoms with Crippen molar-refractivity contribution in [2.75, 3.05) is 0 Å². The van der Waals surface area contributed by atoms with E-state index in [2.05, 4.69) is 29.2 Å². The van der Waals surface area contributed by atoms with E-state index in [1.807, 2.05) is 42.5 Å². The zero-order chi connectivity index (χ0) is 17.9. The number of thioether (sulfide) groups is 1. The number of aromatic nitrogens is 1. The molecule has 0 atom stereocenters. The normalized spacial score (nSPS) is 10.9. The van der Waals surface area contributed by atoms with Crippen LogP contribution in [0.3, 0.4) is 0 Å². The van der Waals surface area contributed by atoms with Crippen molar-refractivity contribution >= 4 is 28.4 Å².